The summed E-state index contributed by atoms with van der Waals surface area (Å²) in [6.45, 7) is 2.24. The van der Waals surface area contributed by atoms with Crippen LogP contribution in [0.4, 0.5) is 0 Å². The summed E-state index contributed by atoms with van der Waals surface area (Å²) in [5.74, 6) is 0.935. The molecular weight excluding hydrogens is 232 g/mol. The molecule has 0 saturated heterocycles. The molecule has 1 aliphatic carbocycles. The summed E-state index contributed by atoms with van der Waals surface area (Å²) < 4.78 is 1.93. The number of nitrogens with zero attached hydrogens (tertiary/aromatic N) is 4. The van der Waals surface area contributed by atoms with E-state index in [-0.39, 0.29) is 5.92 Å². The lowest BCUT2D eigenvalue weighted by atomic mass is 9.81. The van der Waals surface area contributed by atoms with Gasteiger partial charge in [0, 0.05) is 12.3 Å². The summed E-state index contributed by atoms with van der Waals surface area (Å²) >= 11 is 1.72. The van der Waals surface area contributed by atoms with Crippen molar-refractivity contribution in [3.63, 3.8) is 0 Å². The monoisotopic (exact) mass is 250 g/mol. The first-order valence-electron chi connectivity index (χ1n) is 6.14. The van der Waals surface area contributed by atoms with Crippen LogP contribution in [-0.4, -0.2) is 20.0 Å². The summed E-state index contributed by atoms with van der Waals surface area (Å²) in [7, 11) is 1.95. The van der Waals surface area contributed by atoms with Crippen LogP contribution in [0.3, 0.4) is 0 Å². The van der Waals surface area contributed by atoms with Crippen molar-refractivity contribution in [2.45, 2.75) is 43.0 Å². The normalized spacial score (nSPS) is 28.9. The number of aromatic nitrogens is 3. The van der Waals surface area contributed by atoms with Gasteiger partial charge in [-0.05, 0) is 25.2 Å². The van der Waals surface area contributed by atoms with Gasteiger partial charge in [0.25, 0.3) is 0 Å². The minimum atomic E-state index is 0.166. The van der Waals surface area contributed by atoms with Crippen molar-refractivity contribution in [3.8, 4) is 6.07 Å². The van der Waals surface area contributed by atoms with Crippen molar-refractivity contribution in [2.75, 3.05) is 0 Å². The highest BCUT2D eigenvalue weighted by molar-refractivity contribution is 7.99. The van der Waals surface area contributed by atoms with E-state index < -0.39 is 0 Å². The predicted molar refractivity (Wildman–Crippen MR) is 67.4 cm³/mol. The zero-order chi connectivity index (χ0) is 12.3. The lowest BCUT2D eigenvalue weighted by Gasteiger charge is -2.31. The van der Waals surface area contributed by atoms with Crippen molar-refractivity contribution in [1.82, 2.24) is 14.8 Å². The molecule has 0 aromatic carbocycles. The molecule has 0 bridgehead atoms. The van der Waals surface area contributed by atoms with Gasteiger partial charge in [-0.2, -0.15) is 5.26 Å². The zero-order valence-corrected chi connectivity index (χ0v) is 11.2. The van der Waals surface area contributed by atoms with Crippen molar-refractivity contribution in [3.05, 3.63) is 6.33 Å². The summed E-state index contributed by atoms with van der Waals surface area (Å²) in [6, 6.07) is 2.45. The molecule has 3 atom stereocenters. The van der Waals surface area contributed by atoms with Crippen LogP contribution in [0, 0.1) is 23.2 Å². The van der Waals surface area contributed by atoms with Crippen LogP contribution in [0.5, 0.6) is 0 Å². The molecule has 0 N–H and O–H groups in total. The molecule has 1 aromatic heterocycles. The molecule has 1 heterocycles. The Hall–Kier alpha value is -1.02. The maximum absolute atomic E-state index is 9.21. The van der Waals surface area contributed by atoms with E-state index in [1.54, 1.807) is 18.1 Å². The molecule has 92 valence electrons. The molecule has 17 heavy (non-hydrogen) atoms. The van der Waals surface area contributed by atoms with E-state index in [2.05, 4.69) is 23.2 Å². The molecule has 4 nitrogen and oxygen atoms in total. The quantitative estimate of drug-likeness (QED) is 0.827. The maximum atomic E-state index is 9.21. The smallest absolute Gasteiger partial charge is 0.191 e. The molecule has 1 fully saturated rings. The fraction of sp³-hybridized carbons (Fsp3) is 0.750. The van der Waals surface area contributed by atoms with Gasteiger partial charge in [0.1, 0.15) is 6.33 Å². The van der Waals surface area contributed by atoms with Gasteiger partial charge < -0.3 is 4.57 Å². The lowest BCUT2D eigenvalue weighted by Crippen LogP contribution is -2.26. The lowest BCUT2D eigenvalue weighted by molar-refractivity contribution is 0.316. The molecule has 2 rings (SSSR count). The summed E-state index contributed by atoms with van der Waals surface area (Å²) in [4.78, 5) is 0. The fourth-order valence-corrected chi connectivity index (χ4v) is 3.68. The maximum Gasteiger partial charge on any atom is 0.191 e. The predicted octanol–water partition coefficient (Wildman–Crippen LogP) is 2.63. The number of thioether (sulfide) groups is 1. The largest absolute Gasteiger partial charge is 0.312 e. The minimum Gasteiger partial charge on any atom is -0.312 e. The fourth-order valence-electron chi connectivity index (χ4n) is 2.38. The van der Waals surface area contributed by atoms with Gasteiger partial charge in [-0.25, -0.2) is 0 Å². The summed E-state index contributed by atoms with van der Waals surface area (Å²) in [5, 5.41) is 18.5. The van der Waals surface area contributed by atoms with Gasteiger partial charge in [0.2, 0.25) is 0 Å². The minimum absolute atomic E-state index is 0.166. The highest BCUT2D eigenvalue weighted by Gasteiger charge is 2.31. The van der Waals surface area contributed by atoms with E-state index in [9.17, 15) is 5.26 Å². The first-order valence-corrected chi connectivity index (χ1v) is 7.02. The Morgan fingerprint density at radius 1 is 1.59 bits per heavy atom. The van der Waals surface area contributed by atoms with E-state index in [0.29, 0.717) is 5.25 Å². The van der Waals surface area contributed by atoms with Crippen molar-refractivity contribution < 1.29 is 0 Å². The van der Waals surface area contributed by atoms with Crippen LogP contribution in [0.2, 0.25) is 0 Å². The average Bonchev–Trinajstić information content (AvgIpc) is 2.75. The van der Waals surface area contributed by atoms with Crippen molar-refractivity contribution >= 4 is 11.8 Å². The molecule has 3 unspecified atom stereocenters. The highest BCUT2D eigenvalue weighted by atomic mass is 32.2. The topological polar surface area (TPSA) is 54.5 Å². The second-order valence-corrected chi connectivity index (χ2v) is 5.91. The van der Waals surface area contributed by atoms with Crippen molar-refractivity contribution in [1.29, 1.82) is 5.26 Å². The molecule has 1 aromatic rings. The second-order valence-electron chi connectivity index (χ2n) is 4.70. The second kappa shape index (κ2) is 5.54. The van der Waals surface area contributed by atoms with Gasteiger partial charge >= 0.3 is 0 Å². The SMILES string of the molecule is CCC1CCC(C#N)C(Sc2nncn2C)C1. The Morgan fingerprint density at radius 3 is 3.00 bits per heavy atom. The number of hydrogen-bond donors (Lipinski definition) is 0. The van der Waals surface area contributed by atoms with Crippen LogP contribution in [-0.2, 0) is 7.05 Å². The highest BCUT2D eigenvalue weighted by Crippen LogP contribution is 2.39. The van der Waals surface area contributed by atoms with E-state index in [1.165, 1.54) is 12.8 Å². The number of aryl methyl sites for hydroxylation is 1. The molecule has 1 saturated carbocycles. The number of nitriles is 1. The average molecular weight is 250 g/mol. The Kier molecular flexibility index (Phi) is 4.06. The summed E-state index contributed by atoms with van der Waals surface area (Å²) in [6.07, 6.45) is 6.29. The van der Waals surface area contributed by atoms with Crippen LogP contribution >= 0.6 is 11.8 Å². The first kappa shape index (κ1) is 12.4. The number of hydrogen-bond acceptors (Lipinski definition) is 4. The third-order valence-electron chi connectivity index (χ3n) is 3.57. The Labute approximate surface area is 106 Å². The molecule has 0 radical (unpaired) electrons. The summed E-state index contributed by atoms with van der Waals surface area (Å²) in [5.41, 5.74) is 0. The molecule has 1 aliphatic rings. The van der Waals surface area contributed by atoms with Crippen molar-refractivity contribution in [2.24, 2.45) is 18.9 Å². The first-order chi connectivity index (χ1) is 8.24. The zero-order valence-electron chi connectivity index (χ0n) is 10.3. The Morgan fingerprint density at radius 2 is 2.41 bits per heavy atom. The van der Waals surface area contributed by atoms with Crippen LogP contribution in [0.25, 0.3) is 0 Å². The molecule has 0 aliphatic heterocycles. The van der Waals surface area contributed by atoms with E-state index >= 15 is 0 Å². The third-order valence-corrected chi connectivity index (χ3v) is 4.97. The van der Waals surface area contributed by atoms with Gasteiger partial charge in [0.05, 0.1) is 12.0 Å². The molecule has 0 amide bonds. The molecule has 5 heteroatoms. The van der Waals surface area contributed by atoms with E-state index in [1.807, 2.05) is 11.6 Å². The van der Waals surface area contributed by atoms with Crippen LogP contribution in [0.15, 0.2) is 11.5 Å². The van der Waals surface area contributed by atoms with Crippen LogP contribution < -0.4 is 0 Å². The third kappa shape index (κ3) is 2.81. The molecule has 0 spiro atoms. The van der Waals surface area contributed by atoms with Gasteiger partial charge in [-0.1, -0.05) is 25.1 Å². The Bertz CT molecular complexity index is 409. The number of rotatable bonds is 3. The van der Waals surface area contributed by atoms with Gasteiger partial charge in [0.15, 0.2) is 5.16 Å². The van der Waals surface area contributed by atoms with Gasteiger partial charge in [-0.15, -0.1) is 10.2 Å². The standard InChI is InChI=1S/C12H18N4S/c1-3-9-4-5-10(7-13)11(6-9)17-12-15-14-8-16(12)2/h8-11H,3-6H2,1-2H3. The van der Waals surface area contributed by atoms with E-state index in [4.69, 9.17) is 0 Å². The molecular formula is C12H18N4S. The van der Waals surface area contributed by atoms with Gasteiger partial charge in [-0.3, -0.25) is 0 Å². The van der Waals surface area contributed by atoms with Crippen LogP contribution in [0.1, 0.15) is 32.6 Å². The Balaban J connectivity index is 2.06. The van der Waals surface area contributed by atoms with E-state index in [0.717, 1.165) is 23.9 Å².